The largest absolute Gasteiger partial charge is 0.383 e. The molecule has 0 radical (unpaired) electrons. The molecule has 5 rings (SSSR count). The van der Waals surface area contributed by atoms with E-state index in [-0.39, 0.29) is 23.8 Å². The predicted octanol–water partition coefficient (Wildman–Crippen LogP) is 5.07. The molecule has 0 aromatic heterocycles. The molecule has 2 aliphatic heterocycles. The van der Waals surface area contributed by atoms with E-state index in [4.69, 9.17) is 4.74 Å². The van der Waals surface area contributed by atoms with E-state index in [0.29, 0.717) is 24.6 Å². The summed E-state index contributed by atoms with van der Waals surface area (Å²) in [4.78, 5) is 2.81. The lowest BCUT2D eigenvalue weighted by Crippen LogP contribution is -2.68. The van der Waals surface area contributed by atoms with Crippen molar-refractivity contribution in [3.8, 4) is 11.1 Å². The maximum absolute atomic E-state index is 13.7. The summed E-state index contributed by atoms with van der Waals surface area (Å²) in [7, 11) is -1.88. The maximum atomic E-state index is 13.7. The number of hydrogen-bond donors (Lipinski definition) is 0. The number of aryl methyl sites for hydroxylation is 1. The van der Waals surface area contributed by atoms with Gasteiger partial charge in [0.1, 0.15) is 5.82 Å². The van der Waals surface area contributed by atoms with Gasteiger partial charge in [0.15, 0.2) is 0 Å². The molecule has 2 aliphatic rings. The van der Waals surface area contributed by atoms with Gasteiger partial charge in [0.2, 0.25) is 10.0 Å². The monoisotopic (exact) mass is 508 g/mol. The van der Waals surface area contributed by atoms with Gasteiger partial charge in [-0.05, 0) is 66.8 Å². The first-order valence-corrected chi connectivity index (χ1v) is 14.0. The average Bonchev–Trinajstić information content (AvgIpc) is 2.85. The van der Waals surface area contributed by atoms with Gasteiger partial charge in [0.05, 0.1) is 11.5 Å². The molecule has 3 aromatic rings. The molecule has 0 aliphatic carbocycles. The Kier molecular flexibility index (Phi) is 7.26. The summed E-state index contributed by atoms with van der Waals surface area (Å²) in [6, 6.07) is 22.4. The van der Waals surface area contributed by atoms with Crippen LogP contribution in [0.4, 0.5) is 4.39 Å². The van der Waals surface area contributed by atoms with Crippen LogP contribution in [-0.2, 0) is 14.8 Å². The normalized spacial score (nSPS) is 23.4. The molecular weight excluding hydrogens is 475 g/mol. The molecule has 2 heterocycles. The Hall–Kier alpha value is -2.58. The maximum Gasteiger partial charge on any atom is 0.243 e. The zero-order valence-electron chi connectivity index (χ0n) is 20.8. The highest BCUT2D eigenvalue weighted by Crippen LogP contribution is 2.43. The highest BCUT2D eigenvalue weighted by molar-refractivity contribution is 7.89. The van der Waals surface area contributed by atoms with Crippen LogP contribution in [0.2, 0.25) is 0 Å². The molecule has 5 nitrogen and oxygen atoms in total. The SMILES string of the molecule is COC[C@@H]1[C@@H](c2ccc(-c3cccc(F)c3)cc2)[C@@H]2CN(S(=O)(=O)c3ccccc3C)CCCCN12. The Morgan fingerprint density at radius 2 is 1.69 bits per heavy atom. The number of benzene rings is 3. The van der Waals surface area contributed by atoms with Crippen molar-refractivity contribution in [2.45, 2.75) is 42.7 Å². The van der Waals surface area contributed by atoms with E-state index < -0.39 is 10.0 Å². The second-order valence-corrected chi connectivity index (χ2v) is 11.7. The minimum atomic E-state index is -3.60. The van der Waals surface area contributed by atoms with Crippen LogP contribution in [0.15, 0.2) is 77.7 Å². The minimum absolute atomic E-state index is 0.0734. The van der Waals surface area contributed by atoms with Gasteiger partial charge in [0, 0.05) is 38.2 Å². The van der Waals surface area contributed by atoms with Crippen LogP contribution in [0.1, 0.15) is 29.9 Å². The topological polar surface area (TPSA) is 49.9 Å². The first-order valence-electron chi connectivity index (χ1n) is 12.6. The third-order valence-corrected chi connectivity index (χ3v) is 9.67. The van der Waals surface area contributed by atoms with Crippen molar-refractivity contribution in [2.75, 3.05) is 33.4 Å². The molecule has 7 heteroatoms. The molecule has 36 heavy (non-hydrogen) atoms. The Balaban J connectivity index is 1.45. The van der Waals surface area contributed by atoms with E-state index in [1.807, 2.05) is 37.3 Å². The van der Waals surface area contributed by atoms with Crippen LogP contribution in [-0.4, -0.2) is 63.1 Å². The number of methoxy groups -OCH3 is 1. The van der Waals surface area contributed by atoms with E-state index in [0.717, 1.165) is 41.6 Å². The van der Waals surface area contributed by atoms with Gasteiger partial charge >= 0.3 is 0 Å². The van der Waals surface area contributed by atoms with E-state index in [9.17, 15) is 12.8 Å². The third-order valence-electron chi connectivity index (χ3n) is 7.65. The number of halogens is 1. The van der Waals surface area contributed by atoms with Crippen molar-refractivity contribution >= 4 is 10.0 Å². The molecule has 0 amide bonds. The van der Waals surface area contributed by atoms with Crippen LogP contribution < -0.4 is 0 Å². The van der Waals surface area contributed by atoms with E-state index >= 15 is 0 Å². The summed E-state index contributed by atoms with van der Waals surface area (Å²) in [6.07, 6.45) is 1.78. The minimum Gasteiger partial charge on any atom is -0.383 e. The molecule has 3 aromatic carbocycles. The molecule has 190 valence electrons. The quantitative estimate of drug-likeness (QED) is 0.467. The standard InChI is InChI=1S/C29H33FN2O3S/c1-21-8-3-4-11-28(21)36(33,34)31-16-5-6-17-32-26(19-31)29(27(32)20-35-2)23-14-12-22(13-15-23)24-9-7-10-25(30)18-24/h3-4,7-15,18,26-27,29H,5-6,16-17,19-20H2,1-2H3/t26-,27+,29-/m0/s1. The molecule has 3 atom stereocenters. The highest BCUT2D eigenvalue weighted by atomic mass is 32.2. The Morgan fingerprint density at radius 3 is 2.42 bits per heavy atom. The van der Waals surface area contributed by atoms with Gasteiger partial charge in [0.25, 0.3) is 0 Å². The molecule has 0 N–H and O–H groups in total. The summed E-state index contributed by atoms with van der Waals surface area (Å²) in [6.45, 7) is 4.37. The molecule has 0 saturated carbocycles. The predicted molar refractivity (Wildman–Crippen MR) is 140 cm³/mol. The van der Waals surface area contributed by atoms with E-state index in [1.165, 1.54) is 12.1 Å². The summed E-state index contributed by atoms with van der Waals surface area (Å²) >= 11 is 0. The smallest absolute Gasteiger partial charge is 0.243 e. The van der Waals surface area contributed by atoms with Gasteiger partial charge in [-0.3, -0.25) is 4.90 Å². The lowest BCUT2D eigenvalue weighted by atomic mass is 9.74. The Labute approximate surface area is 213 Å². The van der Waals surface area contributed by atoms with Crippen LogP contribution in [0.5, 0.6) is 0 Å². The van der Waals surface area contributed by atoms with Crippen LogP contribution in [0.25, 0.3) is 11.1 Å². The lowest BCUT2D eigenvalue weighted by Gasteiger charge is -2.57. The average molecular weight is 509 g/mol. The van der Waals surface area contributed by atoms with Crippen molar-refractivity contribution in [3.05, 3.63) is 89.7 Å². The molecule has 2 fully saturated rings. The van der Waals surface area contributed by atoms with Gasteiger partial charge in [-0.15, -0.1) is 0 Å². The number of fused-ring (bicyclic) bond motifs is 1. The second kappa shape index (κ2) is 10.4. The van der Waals surface area contributed by atoms with Crippen LogP contribution in [0.3, 0.4) is 0 Å². The van der Waals surface area contributed by atoms with Crippen molar-refractivity contribution in [1.82, 2.24) is 9.21 Å². The molecule has 0 unspecified atom stereocenters. The molecule has 0 bridgehead atoms. The number of ether oxygens (including phenoxy) is 1. The number of nitrogens with zero attached hydrogens (tertiary/aromatic N) is 2. The molecule has 0 spiro atoms. The van der Waals surface area contributed by atoms with Gasteiger partial charge in [-0.25, -0.2) is 12.8 Å². The zero-order valence-corrected chi connectivity index (χ0v) is 21.6. The summed E-state index contributed by atoms with van der Waals surface area (Å²) < 4.78 is 48.4. The highest BCUT2D eigenvalue weighted by Gasteiger charge is 2.50. The van der Waals surface area contributed by atoms with Gasteiger partial charge < -0.3 is 4.74 Å². The van der Waals surface area contributed by atoms with Crippen molar-refractivity contribution in [1.29, 1.82) is 0 Å². The first kappa shape index (κ1) is 25.1. The van der Waals surface area contributed by atoms with Crippen molar-refractivity contribution in [3.63, 3.8) is 0 Å². The number of rotatable bonds is 6. The van der Waals surface area contributed by atoms with E-state index in [2.05, 4.69) is 17.0 Å². The summed E-state index contributed by atoms with van der Waals surface area (Å²) in [5, 5.41) is 0. The second-order valence-electron chi connectivity index (χ2n) is 9.82. The fourth-order valence-electron chi connectivity index (χ4n) is 5.83. The third kappa shape index (κ3) is 4.73. The number of sulfonamides is 1. The molecule has 2 saturated heterocycles. The fraction of sp³-hybridized carbons (Fsp3) is 0.379. The van der Waals surface area contributed by atoms with Gasteiger partial charge in [-0.2, -0.15) is 4.31 Å². The summed E-state index contributed by atoms with van der Waals surface area (Å²) in [5.41, 5.74) is 3.73. The zero-order chi connectivity index (χ0) is 25.3. The van der Waals surface area contributed by atoms with Crippen molar-refractivity contribution < 1.29 is 17.5 Å². The van der Waals surface area contributed by atoms with E-state index in [1.54, 1.807) is 29.6 Å². The lowest BCUT2D eigenvalue weighted by molar-refractivity contribution is -0.0635. The summed E-state index contributed by atoms with van der Waals surface area (Å²) in [5.74, 6) is -0.102. The fourth-order valence-corrected chi connectivity index (χ4v) is 7.55. The number of hydrogen-bond acceptors (Lipinski definition) is 4. The first-order chi connectivity index (χ1) is 17.4. The molecular formula is C29H33FN2O3S. The Morgan fingerprint density at radius 1 is 0.944 bits per heavy atom. The van der Waals surface area contributed by atoms with Gasteiger partial charge in [-0.1, -0.05) is 54.6 Å². The van der Waals surface area contributed by atoms with Crippen LogP contribution >= 0.6 is 0 Å². The van der Waals surface area contributed by atoms with Crippen molar-refractivity contribution in [2.24, 2.45) is 0 Å². The Bertz CT molecular complexity index is 1310. The van der Waals surface area contributed by atoms with Crippen LogP contribution in [0, 0.1) is 12.7 Å².